The van der Waals surface area contributed by atoms with Crippen LogP contribution in [0.5, 0.6) is 17.2 Å². The van der Waals surface area contributed by atoms with Crippen LogP contribution in [0.2, 0.25) is 0 Å². The van der Waals surface area contributed by atoms with Crippen LogP contribution in [0.4, 0.5) is 0 Å². The molecule has 1 saturated heterocycles. The minimum atomic E-state index is -1.42. The lowest BCUT2D eigenvalue weighted by Gasteiger charge is -2.43. The number of para-hydroxylation sites is 1. The van der Waals surface area contributed by atoms with Gasteiger partial charge in [0.1, 0.15) is 12.7 Å². The summed E-state index contributed by atoms with van der Waals surface area (Å²) in [5.41, 5.74) is 0. The Bertz CT molecular complexity index is 1020. The molecule has 0 radical (unpaired) electrons. The Morgan fingerprint density at radius 2 is 1.49 bits per heavy atom. The van der Waals surface area contributed by atoms with Crippen molar-refractivity contribution in [1.82, 2.24) is 0 Å². The van der Waals surface area contributed by atoms with E-state index in [1.807, 2.05) is 0 Å². The number of esters is 4. The molecule has 13 nitrogen and oxygen atoms in total. The van der Waals surface area contributed by atoms with Crippen molar-refractivity contribution >= 4 is 23.9 Å². The quantitative estimate of drug-likeness (QED) is 0.339. The minimum Gasteiger partial charge on any atom is -0.463 e. The van der Waals surface area contributed by atoms with Crippen LogP contribution in [0.1, 0.15) is 41.5 Å². The number of carbonyl (C=O) groups is 4. The Morgan fingerprint density at radius 1 is 0.865 bits per heavy atom. The van der Waals surface area contributed by atoms with Crippen molar-refractivity contribution in [1.29, 1.82) is 0 Å². The molecule has 6 atom stereocenters. The number of hydrogen-bond donors (Lipinski definition) is 0. The Labute approximate surface area is 213 Å². The lowest BCUT2D eigenvalue weighted by Crippen LogP contribution is -2.63. The van der Waals surface area contributed by atoms with E-state index in [0.29, 0.717) is 12.4 Å². The first-order valence-corrected chi connectivity index (χ1v) is 11.5. The maximum absolute atomic E-state index is 12.0. The van der Waals surface area contributed by atoms with Gasteiger partial charge in [-0.3, -0.25) is 19.2 Å². The molecule has 0 aliphatic carbocycles. The first-order chi connectivity index (χ1) is 17.4. The lowest BCUT2D eigenvalue weighted by molar-refractivity contribution is -0.289. The van der Waals surface area contributed by atoms with Crippen LogP contribution >= 0.6 is 0 Å². The van der Waals surface area contributed by atoms with Crippen LogP contribution in [0, 0.1) is 0 Å². The van der Waals surface area contributed by atoms with Crippen LogP contribution < -0.4 is 14.2 Å². The Morgan fingerprint density at radius 3 is 2.08 bits per heavy atom. The molecule has 13 heteroatoms. The molecule has 0 bridgehead atoms. The topological polar surface area (TPSA) is 151 Å². The fourth-order valence-corrected chi connectivity index (χ4v) is 3.91. The monoisotopic (exact) mass is 526 g/mol. The predicted molar refractivity (Wildman–Crippen MR) is 120 cm³/mol. The van der Waals surface area contributed by atoms with Gasteiger partial charge in [0.2, 0.25) is 18.1 Å². The normalized spacial score (nSPS) is 28.1. The third kappa shape index (κ3) is 7.01. The molecule has 2 aliphatic rings. The van der Waals surface area contributed by atoms with Gasteiger partial charge in [-0.25, -0.2) is 0 Å². The summed E-state index contributed by atoms with van der Waals surface area (Å²) in [6.07, 6.45) is -6.64. The highest BCUT2D eigenvalue weighted by molar-refractivity contribution is 5.68. The average molecular weight is 526 g/mol. The SMILES string of the molecule is CCOC1(C)Oc2cccc(O[C@@H]3O[C@H](COC(C)=O)C(OC(C)=O)[C@H](OC(C)=O)[C@H]3OC(C)=O)c2O1. The molecule has 0 spiro atoms. The maximum atomic E-state index is 12.0. The van der Waals surface area contributed by atoms with Gasteiger partial charge in [-0.05, 0) is 19.1 Å². The van der Waals surface area contributed by atoms with Crippen molar-refractivity contribution in [3.63, 3.8) is 0 Å². The predicted octanol–water partition coefficient (Wildman–Crippen LogP) is 1.63. The van der Waals surface area contributed by atoms with Gasteiger partial charge in [-0.2, -0.15) is 0 Å². The van der Waals surface area contributed by atoms with Crippen LogP contribution in [-0.4, -0.2) is 73.8 Å². The van der Waals surface area contributed by atoms with E-state index in [1.165, 1.54) is 6.92 Å². The fraction of sp³-hybridized carbons (Fsp3) is 0.583. The molecular formula is C24H30O13. The van der Waals surface area contributed by atoms with Crippen molar-refractivity contribution in [3.05, 3.63) is 18.2 Å². The summed E-state index contributed by atoms with van der Waals surface area (Å²) in [5, 5.41) is 0. The summed E-state index contributed by atoms with van der Waals surface area (Å²) in [5.74, 6) is -3.64. The van der Waals surface area contributed by atoms with Crippen LogP contribution in [0.15, 0.2) is 18.2 Å². The molecule has 0 aromatic heterocycles. The largest absolute Gasteiger partial charge is 0.463 e. The molecular weight excluding hydrogens is 496 g/mol. The number of fused-ring (bicyclic) bond motifs is 1. The van der Waals surface area contributed by atoms with Gasteiger partial charge in [0.25, 0.3) is 0 Å². The molecule has 204 valence electrons. The van der Waals surface area contributed by atoms with E-state index >= 15 is 0 Å². The van der Waals surface area contributed by atoms with Crippen molar-refractivity contribution in [3.8, 4) is 17.2 Å². The van der Waals surface area contributed by atoms with Gasteiger partial charge in [-0.15, -0.1) is 0 Å². The fourth-order valence-electron chi connectivity index (χ4n) is 3.91. The van der Waals surface area contributed by atoms with Crippen molar-refractivity contribution in [2.45, 2.75) is 78.2 Å². The Balaban J connectivity index is 1.99. The van der Waals surface area contributed by atoms with Crippen LogP contribution in [-0.2, 0) is 47.6 Å². The molecule has 0 N–H and O–H groups in total. The van der Waals surface area contributed by atoms with E-state index in [2.05, 4.69) is 0 Å². The third-order valence-electron chi connectivity index (χ3n) is 5.12. The average Bonchev–Trinajstić information content (AvgIpc) is 3.12. The van der Waals surface area contributed by atoms with Crippen LogP contribution in [0.3, 0.4) is 0 Å². The van der Waals surface area contributed by atoms with E-state index in [0.717, 1.165) is 20.8 Å². The summed E-state index contributed by atoms with van der Waals surface area (Å²) >= 11 is 0. The summed E-state index contributed by atoms with van der Waals surface area (Å²) < 4.78 is 50.4. The van der Waals surface area contributed by atoms with E-state index < -0.39 is 60.6 Å². The molecule has 37 heavy (non-hydrogen) atoms. The van der Waals surface area contributed by atoms with Gasteiger partial charge in [0, 0.05) is 34.6 Å². The summed E-state index contributed by atoms with van der Waals surface area (Å²) in [4.78, 5) is 47.3. The van der Waals surface area contributed by atoms with E-state index in [1.54, 1.807) is 32.0 Å². The second-order valence-corrected chi connectivity index (χ2v) is 8.27. The van der Waals surface area contributed by atoms with Crippen LogP contribution in [0.25, 0.3) is 0 Å². The van der Waals surface area contributed by atoms with Gasteiger partial charge in [0.05, 0.1) is 6.61 Å². The molecule has 1 aromatic carbocycles. The van der Waals surface area contributed by atoms with Gasteiger partial charge in [0.15, 0.2) is 23.7 Å². The first-order valence-electron chi connectivity index (χ1n) is 11.5. The standard InChI is InChI=1S/C24H30O13/c1-7-30-24(6)36-17-10-8-9-16(19(17)37-24)34-23-22(33-15(5)28)21(32-14(4)27)20(31-13(3)26)18(35-23)11-29-12(2)25/h8-10,18,20-23H,7,11H2,1-6H3/t18-,20?,21+,22-,23-,24?/m1/s1. The Kier molecular flexibility index (Phi) is 8.81. The first kappa shape index (κ1) is 28.0. The number of carbonyl (C=O) groups excluding carboxylic acids is 4. The lowest BCUT2D eigenvalue weighted by atomic mass is 9.98. The minimum absolute atomic E-state index is 0.127. The molecule has 0 amide bonds. The maximum Gasteiger partial charge on any atom is 0.369 e. The molecule has 2 aliphatic heterocycles. The number of rotatable bonds is 9. The second kappa shape index (κ2) is 11.6. The third-order valence-corrected chi connectivity index (χ3v) is 5.12. The van der Waals surface area contributed by atoms with E-state index in [9.17, 15) is 19.2 Å². The van der Waals surface area contributed by atoms with Gasteiger partial charge in [-0.1, -0.05) is 6.07 Å². The van der Waals surface area contributed by atoms with Gasteiger partial charge < -0.3 is 42.6 Å². The second-order valence-electron chi connectivity index (χ2n) is 8.27. The summed E-state index contributed by atoms with van der Waals surface area (Å²) in [6, 6.07) is 4.81. The zero-order valence-electron chi connectivity index (χ0n) is 21.3. The van der Waals surface area contributed by atoms with E-state index in [4.69, 9.17) is 42.6 Å². The number of ether oxygens (including phenoxy) is 9. The molecule has 1 aromatic rings. The highest BCUT2D eigenvalue weighted by atomic mass is 16.9. The highest BCUT2D eigenvalue weighted by Crippen LogP contribution is 2.47. The zero-order chi connectivity index (χ0) is 27.3. The molecule has 1 fully saturated rings. The highest BCUT2D eigenvalue weighted by Gasteiger charge is 2.54. The molecule has 3 rings (SSSR count). The molecule has 2 heterocycles. The summed E-state index contributed by atoms with van der Waals surface area (Å²) in [6.45, 7) is 7.86. The van der Waals surface area contributed by atoms with E-state index in [-0.39, 0.29) is 18.1 Å². The smallest absolute Gasteiger partial charge is 0.369 e. The van der Waals surface area contributed by atoms with Crippen molar-refractivity contribution < 1.29 is 61.8 Å². The number of benzene rings is 1. The summed E-state index contributed by atoms with van der Waals surface area (Å²) in [7, 11) is 0. The number of hydrogen-bond acceptors (Lipinski definition) is 13. The zero-order valence-corrected chi connectivity index (χ0v) is 21.3. The van der Waals surface area contributed by atoms with Gasteiger partial charge >= 0.3 is 29.9 Å². The Hall–Kier alpha value is -3.58. The molecule has 0 saturated carbocycles. The molecule has 2 unspecified atom stereocenters. The van der Waals surface area contributed by atoms with Crippen molar-refractivity contribution in [2.24, 2.45) is 0 Å². The van der Waals surface area contributed by atoms with Crippen molar-refractivity contribution in [2.75, 3.05) is 13.2 Å².